The Hall–Kier alpha value is -2.40. The smallest absolute Gasteiger partial charge is 0.269 e. The zero-order valence-corrected chi connectivity index (χ0v) is 15.4. The lowest BCUT2D eigenvalue weighted by Crippen LogP contribution is -2.38. The van der Waals surface area contributed by atoms with E-state index in [1.807, 2.05) is 19.1 Å². The predicted molar refractivity (Wildman–Crippen MR) is 105 cm³/mol. The molecule has 0 saturated carbocycles. The first-order valence-corrected chi connectivity index (χ1v) is 9.52. The van der Waals surface area contributed by atoms with Gasteiger partial charge in [-0.25, -0.2) is 4.98 Å². The molecule has 5 nitrogen and oxygen atoms in total. The fraction of sp³-hybridized carbons (Fsp3) is 0.429. The molecule has 5 heteroatoms. The van der Waals surface area contributed by atoms with Gasteiger partial charge in [-0.1, -0.05) is 43.3 Å². The zero-order chi connectivity index (χ0) is 18.2. The molecule has 1 amide bonds. The highest BCUT2D eigenvalue weighted by Crippen LogP contribution is 2.17. The molecule has 2 N–H and O–H groups in total. The van der Waals surface area contributed by atoms with Crippen LogP contribution in [0.15, 0.2) is 48.5 Å². The monoisotopic (exact) mass is 352 g/mol. The molecule has 0 unspecified atom stereocenters. The average molecular weight is 352 g/mol. The van der Waals surface area contributed by atoms with E-state index < -0.39 is 0 Å². The van der Waals surface area contributed by atoms with Crippen molar-refractivity contribution in [2.24, 2.45) is 0 Å². The predicted octanol–water partition coefficient (Wildman–Crippen LogP) is 3.30. The lowest BCUT2D eigenvalue weighted by atomic mass is 10.0. The van der Waals surface area contributed by atoms with Gasteiger partial charge in [-0.05, 0) is 37.0 Å². The van der Waals surface area contributed by atoms with E-state index in [4.69, 9.17) is 0 Å². The first-order chi connectivity index (χ1) is 12.7. The van der Waals surface area contributed by atoms with E-state index in [1.165, 1.54) is 5.56 Å². The van der Waals surface area contributed by atoms with Crippen LogP contribution >= 0.6 is 0 Å². The number of likely N-dealkylation sites (tertiary alicyclic amines) is 1. The molecule has 0 radical (unpaired) electrons. The molecule has 1 aliphatic rings. The number of nitrogens with one attached hydrogen (secondary N) is 2. The molecule has 1 fully saturated rings. The summed E-state index contributed by atoms with van der Waals surface area (Å²) in [5, 5.41) is 6.37. The summed E-state index contributed by atoms with van der Waals surface area (Å²) < 4.78 is 0. The largest absolute Gasteiger partial charge is 0.367 e. The summed E-state index contributed by atoms with van der Waals surface area (Å²) in [6.45, 7) is 5.87. The second-order valence-electron chi connectivity index (χ2n) is 6.84. The summed E-state index contributed by atoms with van der Waals surface area (Å²) in [7, 11) is 0. The highest BCUT2D eigenvalue weighted by molar-refractivity contribution is 5.92. The second kappa shape index (κ2) is 9.34. The Morgan fingerprint density at radius 3 is 2.62 bits per heavy atom. The lowest BCUT2D eigenvalue weighted by Gasteiger charge is -2.32. The van der Waals surface area contributed by atoms with Crippen LogP contribution in [0.1, 0.15) is 42.2 Å². The number of rotatable bonds is 7. The maximum Gasteiger partial charge on any atom is 0.269 e. The van der Waals surface area contributed by atoms with Crippen LogP contribution in [0.5, 0.6) is 0 Å². The van der Waals surface area contributed by atoms with Gasteiger partial charge in [0, 0.05) is 32.2 Å². The van der Waals surface area contributed by atoms with Gasteiger partial charge in [0.25, 0.3) is 5.91 Å². The molecule has 3 rings (SSSR count). The quantitative estimate of drug-likeness (QED) is 0.803. The summed E-state index contributed by atoms with van der Waals surface area (Å²) in [5.41, 5.74) is 1.84. The highest BCUT2D eigenvalue weighted by Gasteiger charge is 2.19. The van der Waals surface area contributed by atoms with E-state index in [0.717, 1.165) is 44.7 Å². The first kappa shape index (κ1) is 18.4. The molecule has 1 aromatic carbocycles. The van der Waals surface area contributed by atoms with Gasteiger partial charge in [-0.2, -0.15) is 0 Å². The Morgan fingerprint density at radius 2 is 1.88 bits per heavy atom. The molecule has 0 atom stereocenters. The van der Waals surface area contributed by atoms with Crippen LogP contribution in [0.4, 0.5) is 5.82 Å². The van der Waals surface area contributed by atoms with E-state index in [0.29, 0.717) is 18.3 Å². The molecule has 2 heterocycles. The van der Waals surface area contributed by atoms with Gasteiger partial charge < -0.3 is 10.6 Å². The number of carbonyl (C=O) groups excluding carboxylic acids is 1. The zero-order valence-electron chi connectivity index (χ0n) is 15.4. The lowest BCUT2D eigenvalue weighted by molar-refractivity contribution is 0.0949. The van der Waals surface area contributed by atoms with Crippen molar-refractivity contribution in [3.05, 3.63) is 59.8 Å². The highest BCUT2D eigenvalue weighted by atomic mass is 16.1. The van der Waals surface area contributed by atoms with Gasteiger partial charge in [-0.3, -0.25) is 9.69 Å². The molecular weight excluding hydrogens is 324 g/mol. The standard InChI is InChI=1S/C21H28N4O/c1-2-13-22-21(26)19-9-6-10-20(24-19)23-18-11-14-25(15-12-18)16-17-7-4-3-5-8-17/h3-10,18H,2,11-16H2,1H3,(H,22,26)(H,23,24). The Morgan fingerprint density at radius 1 is 1.12 bits per heavy atom. The minimum absolute atomic E-state index is 0.104. The summed E-state index contributed by atoms with van der Waals surface area (Å²) in [6, 6.07) is 16.6. The van der Waals surface area contributed by atoms with Crippen LogP contribution < -0.4 is 10.6 Å². The summed E-state index contributed by atoms with van der Waals surface area (Å²) >= 11 is 0. The van der Waals surface area contributed by atoms with Crippen LogP contribution in [0.25, 0.3) is 0 Å². The molecule has 0 spiro atoms. The third kappa shape index (κ3) is 5.30. The van der Waals surface area contributed by atoms with Gasteiger partial charge in [0.2, 0.25) is 0 Å². The number of hydrogen-bond acceptors (Lipinski definition) is 4. The van der Waals surface area contributed by atoms with Crippen LogP contribution in [0, 0.1) is 0 Å². The molecule has 138 valence electrons. The van der Waals surface area contributed by atoms with Gasteiger partial charge in [-0.15, -0.1) is 0 Å². The van der Waals surface area contributed by atoms with E-state index in [-0.39, 0.29) is 5.91 Å². The SMILES string of the molecule is CCCNC(=O)c1cccc(NC2CCN(Cc3ccccc3)CC2)n1. The Balaban J connectivity index is 1.49. The van der Waals surface area contributed by atoms with Crippen molar-refractivity contribution < 1.29 is 4.79 Å². The molecule has 26 heavy (non-hydrogen) atoms. The first-order valence-electron chi connectivity index (χ1n) is 9.52. The summed E-state index contributed by atoms with van der Waals surface area (Å²) in [4.78, 5) is 19.0. The molecule has 1 saturated heterocycles. The number of hydrogen-bond donors (Lipinski definition) is 2. The van der Waals surface area contributed by atoms with Gasteiger partial charge in [0.1, 0.15) is 11.5 Å². The Bertz CT molecular complexity index is 696. The van der Waals surface area contributed by atoms with E-state index >= 15 is 0 Å². The third-order valence-electron chi connectivity index (χ3n) is 4.71. The van der Waals surface area contributed by atoms with Crippen molar-refractivity contribution in [1.82, 2.24) is 15.2 Å². The van der Waals surface area contributed by atoms with Crippen LogP contribution in [0.3, 0.4) is 0 Å². The van der Waals surface area contributed by atoms with Crippen molar-refractivity contribution in [2.45, 2.75) is 38.8 Å². The maximum absolute atomic E-state index is 12.1. The Labute approximate surface area is 155 Å². The number of benzene rings is 1. The molecule has 0 aliphatic carbocycles. The number of nitrogens with zero attached hydrogens (tertiary/aromatic N) is 2. The van der Waals surface area contributed by atoms with Crippen molar-refractivity contribution in [3.63, 3.8) is 0 Å². The maximum atomic E-state index is 12.1. The summed E-state index contributed by atoms with van der Waals surface area (Å²) in [6.07, 6.45) is 3.09. The number of piperidine rings is 1. The topological polar surface area (TPSA) is 57.3 Å². The molecule has 1 aliphatic heterocycles. The molecule has 0 bridgehead atoms. The normalized spacial score (nSPS) is 15.6. The number of anilines is 1. The fourth-order valence-corrected chi connectivity index (χ4v) is 3.26. The van der Waals surface area contributed by atoms with Crippen molar-refractivity contribution in [3.8, 4) is 0 Å². The molecule has 2 aromatic rings. The van der Waals surface area contributed by atoms with Crippen molar-refractivity contribution >= 4 is 11.7 Å². The summed E-state index contributed by atoms with van der Waals surface area (Å²) in [5.74, 6) is 0.684. The molecular formula is C21H28N4O. The number of aromatic nitrogens is 1. The second-order valence-corrected chi connectivity index (χ2v) is 6.84. The van der Waals surface area contributed by atoms with Gasteiger partial charge >= 0.3 is 0 Å². The van der Waals surface area contributed by atoms with Crippen LogP contribution in [-0.2, 0) is 6.54 Å². The minimum atomic E-state index is -0.104. The number of pyridine rings is 1. The van der Waals surface area contributed by atoms with Crippen molar-refractivity contribution in [2.75, 3.05) is 25.0 Å². The Kier molecular flexibility index (Phi) is 6.61. The van der Waals surface area contributed by atoms with Gasteiger partial charge in [0.15, 0.2) is 0 Å². The molecule has 1 aromatic heterocycles. The minimum Gasteiger partial charge on any atom is -0.367 e. The fourth-order valence-electron chi connectivity index (χ4n) is 3.26. The number of carbonyl (C=O) groups is 1. The average Bonchev–Trinajstić information content (AvgIpc) is 2.69. The van der Waals surface area contributed by atoms with Crippen LogP contribution in [0.2, 0.25) is 0 Å². The van der Waals surface area contributed by atoms with E-state index in [1.54, 1.807) is 6.07 Å². The number of amides is 1. The van der Waals surface area contributed by atoms with Crippen molar-refractivity contribution in [1.29, 1.82) is 0 Å². The van der Waals surface area contributed by atoms with E-state index in [9.17, 15) is 4.79 Å². The van der Waals surface area contributed by atoms with Gasteiger partial charge in [0.05, 0.1) is 0 Å². The van der Waals surface area contributed by atoms with E-state index in [2.05, 4.69) is 50.8 Å². The van der Waals surface area contributed by atoms with Crippen LogP contribution in [-0.4, -0.2) is 41.5 Å². The third-order valence-corrected chi connectivity index (χ3v) is 4.71.